The summed E-state index contributed by atoms with van der Waals surface area (Å²) in [5.74, 6) is 1.74. The molecular formula is C16H17NO2S. The van der Waals surface area contributed by atoms with Crippen LogP contribution in [0.1, 0.15) is 30.0 Å². The van der Waals surface area contributed by atoms with Crippen LogP contribution in [0, 0.1) is 6.92 Å². The van der Waals surface area contributed by atoms with Crippen molar-refractivity contribution in [2.45, 2.75) is 36.5 Å². The van der Waals surface area contributed by atoms with Gasteiger partial charge in [-0.15, -0.1) is 11.8 Å². The number of aryl methyl sites for hydroxylation is 1. The van der Waals surface area contributed by atoms with E-state index in [1.54, 1.807) is 11.8 Å². The number of nitrogens with one attached hydrogen (secondary N) is 1. The van der Waals surface area contributed by atoms with Crippen LogP contribution >= 0.6 is 11.8 Å². The monoisotopic (exact) mass is 287 g/mol. The molecule has 3 nitrogen and oxygen atoms in total. The number of carbonyl (C=O) groups excluding carboxylic acids is 1. The van der Waals surface area contributed by atoms with Gasteiger partial charge < -0.3 is 9.73 Å². The fourth-order valence-electron chi connectivity index (χ4n) is 2.39. The molecule has 4 heteroatoms. The summed E-state index contributed by atoms with van der Waals surface area (Å²) >= 11 is 1.64. The van der Waals surface area contributed by atoms with Crippen molar-refractivity contribution in [1.82, 2.24) is 5.32 Å². The molecular weight excluding hydrogens is 270 g/mol. The van der Waals surface area contributed by atoms with Gasteiger partial charge in [0.2, 0.25) is 5.91 Å². The number of amides is 1. The van der Waals surface area contributed by atoms with Gasteiger partial charge in [-0.2, -0.15) is 0 Å². The minimum atomic E-state index is -0.0967. The first-order valence-corrected chi connectivity index (χ1v) is 7.63. The molecule has 0 unspecified atom stereocenters. The average Bonchev–Trinajstić information content (AvgIpc) is 3.04. The van der Waals surface area contributed by atoms with Crippen LogP contribution in [0.15, 0.2) is 45.7 Å². The number of furan rings is 1. The molecule has 2 atom stereocenters. The Balaban J connectivity index is 1.64. The maximum atomic E-state index is 12.3. The fourth-order valence-corrected chi connectivity index (χ4v) is 3.60. The number of benzene rings is 1. The van der Waals surface area contributed by atoms with Crippen LogP contribution in [0.4, 0.5) is 0 Å². The summed E-state index contributed by atoms with van der Waals surface area (Å²) < 4.78 is 5.55. The molecule has 1 aliphatic rings. The lowest BCUT2D eigenvalue weighted by atomic mass is 10.1. The van der Waals surface area contributed by atoms with Gasteiger partial charge in [0.1, 0.15) is 11.5 Å². The Morgan fingerprint density at radius 1 is 1.35 bits per heavy atom. The minimum absolute atomic E-state index is 0.0362. The van der Waals surface area contributed by atoms with Crippen molar-refractivity contribution in [3.05, 3.63) is 53.5 Å². The predicted octanol–water partition coefficient (Wildman–Crippen LogP) is 3.48. The van der Waals surface area contributed by atoms with E-state index in [9.17, 15) is 4.79 Å². The van der Waals surface area contributed by atoms with E-state index in [1.165, 1.54) is 10.5 Å². The number of carbonyl (C=O) groups is 1. The standard InChI is InChI=1S/C16H17NO2S/c1-10-7-8-13(19-10)11(2)17-16(18)15-9-12-5-3-4-6-14(12)20-15/h3-8,11,15H,9H2,1-2H3,(H,17,18)/t11-,15-/m1/s1. The molecule has 1 aliphatic heterocycles. The SMILES string of the molecule is Cc1ccc([C@@H](C)NC(=O)[C@H]2Cc3ccccc3S2)o1. The Hall–Kier alpha value is -1.68. The summed E-state index contributed by atoms with van der Waals surface area (Å²) in [6, 6.07) is 11.9. The Morgan fingerprint density at radius 3 is 2.85 bits per heavy atom. The van der Waals surface area contributed by atoms with Crippen LogP contribution in [0.2, 0.25) is 0 Å². The van der Waals surface area contributed by atoms with Crippen molar-refractivity contribution in [2.24, 2.45) is 0 Å². The number of hydrogen-bond acceptors (Lipinski definition) is 3. The maximum Gasteiger partial charge on any atom is 0.234 e. The highest BCUT2D eigenvalue weighted by Crippen LogP contribution is 2.37. The molecule has 0 aliphatic carbocycles. The highest BCUT2D eigenvalue weighted by atomic mass is 32.2. The molecule has 1 N–H and O–H groups in total. The molecule has 0 bridgehead atoms. The Kier molecular flexibility index (Phi) is 3.57. The first-order chi connectivity index (χ1) is 9.63. The van der Waals surface area contributed by atoms with Gasteiger partial charge >= 0.3 is 0 Å². The van der Waals surface area contributed by atoms with Crippen LogP contribution in [0.5, 0.6) is 0 Å². The van der Waals surface area contributed by atoms with E-state index < -0.39 is 0 Å². The summed E-state index contributed by atoms with van der Waals surface area (Å²) in [5, 5.41) is 3.00. The summed E-state index contributed by atoms with van der Waals surface area (Å²) in [4.78, 5) is 13.5. The van der Waals surface area contributed by atoms with Crippen LogP contribution in [0.25, 0.3) is 0 Å². The van der Waals surface area contributed by atoms with Gasteiger partial charge in [0.25, 0.3) is 0 Å². The van der Waals surface area contributed by atoms with Gasteiger partial charge in [-0.1, -0.05) is 18.2 Å². The molecule has 1 amide bonds. The molecule has 2 heterocycles. The zero-order valence-corrected chi connectivity index (χ0v) is 12.4. The van der Waals surface area contributed by atoms with E-state index in [4.69, 9.17) is 4.42 Å². The minimum Gasteiger partial charge on any atom is -0.464 e. The molecule has 20 heavy (non-hydrogen) atoms. The van der Waals surface area contributed by atoms with E-state index in [0.29, 0.717) is 0 Å². The number of rotatable bonds is 3. The van der Waals surface area contributed by atoms with E-state index >= 15 is 0 Å². The maximum absolute atomic E-state index is 12.3. The lowest BCUT2D eigenvalue weighted by molar-refractivity contribution is -0.121. The third-order valence-electron chi connectivity index (χ3n) is 3.49. The lowest BCUT2D eigenvalue weighted by Gasteiger charge is -2.14. The topological polar surface area (TPSA) is 42.2 Å². The van der Waals surface area contributed by atoms with Crippen molar-refractivity contribution in [3.8, 4) is 0 Å². The smallest absolute Gasteiger partial charge is 0.234 e. The van der Waals surface area contributed by atoms with Crippen molar-refractivity contribution >= 4 is 17.7 Å². The van der Waals surface area contributed by atoms with Gasteiger partial charge in [-0.05, 0) is 44.0 Å². The molecule has 3 rings (SSSR count). The highest BCUT2D eigenvalue weighted by molar-refractivity contribution is 8.01. The summed E-state index contributed by atoms with van der Waals surface area (Å²) in [7, 11) is 0. The van der Waals surface area contributed by atoms with Crippen LogP contribution in [0.3, 0.4) is 0 Å². The molecule has 0 spiro atoms. The van der Waals surface area contributed by atoms with Gasteiger partial charge in [0, 0.05) is 4.90 Å². The molecule has 0 saturated carbocycles. The first kappa shape index (κ1) is 13.3. The number of hydrogen-bond donors (Lipinski definition) is 1. The third-order valence-corrected chi connectivity index (χ3v) is 4.80. The fraction of sp³-hybridized carbons (Fsp3) is 0.312. The second-order valence-electron chi connectivity index (χ2n) is 5.10. The Bertz CT molecular complexity index is 610. The van der Waals surface area contributed by atoms with Crippen LogP contribution < -0.4 is 5.32 Å². The van der Waals surface area contributed by atoms with Crippen molar-refractivity contribution < 1.29 is 9.21 Å². The van der Waals surface area contributed by atoms with Gasteiger partial charge in [-0.3, -0.25) is 4.79 Å². The van der Waals surface area contributed by atoms with Gasteiger partial charge in [-0.25, -0.2) is 0 Å². The normalized spacial score (nSPS) is 18.6. The van der Waals surface area contributed by atoms with Gasteiger partial charge in [0.05, 0.1) is 11.3 Å². The molecule has 104 valence electrons. The Morgan fingerprint density at radius 2 is 2.15 bits per heavy atom. The lowest BCUT2D eigenvalue weighted by Crippen LogP contribution is -2.34. The largest absolute Gasteiger partial charge is 0.464 e. The average molecular weight is 287 g/mol. The van der Waals surface area contributed by atoms with Crippen LogP contribution in [-0.2, 0) is 11.2 Å². The quantitative estimate of drug-likeness (QED) is 0.939. The van der Waals surface area contributed by atoms with E-state index in [2.05, 4.69) is 17.4 Å². The molecule has 0 fully saturated rings. The van der Waals surface area contributed by atoms with E-state index in [0.717, 1.165) is 17.9 Å². The predicted molar refractivity (Wildman–Crippen MR) is 79.8 cm³/mol. The van der Waals surface area contributed by atoms with Crippen molar-refractivity contribution in [1.29, 1.82) is 0 Å². The zero-order chi connectivity index (χ0) is 14.1. The first-order valence-electron chi connectivity index (χ1n) is 6.75. The molecule has 0 saturated heterocycles. The molecule has 0 radical (unpaired) electrons. The van der Waals surface area contributed by atoms with E-state index in [-0.39, 0.29) is 17.2 Å². The highest BCUT2D eigenvalue weighted by Gasteiger charge is 2.29. The zero-order valence-electron chi connectivity index (χ0n) is 11.6. The molecule has 1 aromatic heterocycles. The van der Waals surface area contributed by atoms with Crippen molar-refractivity contribution in [3.63, 3.8) is 0 Å². The van der Waals surface area contributed by atoms with Gasteiger partial charge in [0.15, 0.2) is 0 Å². The second kappa shape index (κ2) is 5.37. The van der Waals surface area contributed by atoms with E-state index in [1.807, 2.05) is 38.1 Å². The number of thioether (sulfide) groups is 1. The second-order valence-corrected chi connectivity index (χ2v) is 6.34. The number of fused-ring (bicyclic) bond motifs is 1. The third kappa shape index (κ3) is 2.61. The molecule has 2 aromatic rings. The molecule has 1 aromatic carbocycles. The van der Waals surface area contributed by atoms with Crippen LogP contribution in [-0.4, -0.2) is 11.2 Å². The Labute approximate surface area is 122 Å². The summed E-state index contributed by atoms with van der Waals surface area (Å²) in [5.41, 5.74) is 1.26. The summed E-state index contributed by atoms with van der Waals surface area (Å²) in [6.45, 7) is 3.85. The van der Waals surface area contributed by atoms with Crippen molar-refractivity contribution in [2.75, 3.05) is 0 Å². The summed E-state index contributed by atoms with van der Waals surface area (Å²) in [6.07, 6.45) is 0.802.